The van der Waals surface area contributed by atoms with Crippen molar-refractivity contribution in [3.63, 3.8) is 0 Å². The van der Waals surface area contributed by atoms with E-state index in [-0.39, 0.29) is 114 Å². The SMILES string of the molecule is Cc1cc(=O)oc2cc(OS(=O)(=O)[O-])c(OS(=O)(=O)[O-])cc12.[K+].[K+]. The Kier molecular flexibility index (Phi) is 9.80. The van der Waals surface area contributed by atoms with Crippen molar-refractivity contribution in [3.05, 3.63) is 34.2 Å². The van der Waals surface area contributed by atoms with Crippen molar-refractivity contribution in [3.8, 4) is 11.5 Å². The molecule has 0 aliphatic carbocycles. The molecule has 0 saturated heterocycles. The number of benzene rings is 1. The van der Waals surface area contributed by atoms with Gasteiger partial charge in [0.2, 0.25) is 0 Å². The van der Waals surface area contributed by atoms with Gasteiger partial charge in [-0.2, -0.15) is 0 Å². The Morgan fingerprint density at radius 1 is 0.917 bits per heavy atom. The van der Waals surface area contributed by atoms with Crippen LogP contribution in [0.1, 0.15) is 5.56 Å². The van der Waals surface area contributed by atoms with E-state index >= 15 is 0 Å². The van der Waals surface area contributed by atoms with Crippen molar-refractivity contribution in [2.75, 3.05) is 0 Å². The first-order chi connectivity index (χ1) is 9.94. The normalized spacial score (nSPS) is 11.3. The van der Waals surface area contributed by atoms with Gasteiger partial charge in [0, 0.05) is 17.5 Å². The quantitative estimate of drug-likeness (QED) is 0.198. The third-order valence-corrected chi connectivity index (χ3v) is 3.17. The number of hydrogen-bond acceptors (Lipinski definition) is 10. The standard InChI is InChI=1S/C10H8O10S2.2K/c1-5-2-10(11)18-7-4-9(20-22(15,16)17)8(3-6(5)7)19-21(12,13)14;;/h2-4H,1H3,(H,12,13,14)(H,15,16,17);;/q;2*+1/p-2. The van der Waals surface area contributed by atoms with Crippen LogP contribution in [0.5, 0.6) is 11.5 Å². The summed E-state index contributed by atoms with van der Waals surface area (Å²) < 4.78 is 76.7. The molecule has 0 unspecified atom stereocenters. The van der Waals surface area contributed by atoms with Crippen LogP contribution in [-0.4, -0.2) is 25.9 Å². The van der Waals surface area contributed by atoms with E-state index in [0.29, 0.717) is 5.56 Å². The molecule has 2 rings (SSSR count). The van der Waals surface area contributed by atoms with Gasteiger partial charge in [0.1, 0.15) is 5.58 Å². The molecule has 0 saturated carbocycles. The van der Waals surface area contributed by atoms with Crippen LogP contribution in [0.2, 0.25) is 0 Å². The first-order valence-corrected chi connectivity index (χ1v) is 8.00. The average Bonchev–Trinajstić information content (AvgIpc) is 2.26. The van der Waals surface area contributed by atoms with Crippen LogP contribution in [0, 0.1) is 6.92 Å². The Balaban J connectivity index is 0.00000264. The van der Waals surface area contributed by atoms with Crippen LogP contribution in [-0.2, 0) is 20.8 Å². The van der Waals surface area contributed by atoms with E-state index in [1.54, 1.807) is 0 Å². The fourth-order valence-corrected chi connectivity index (χ4v) is 2.38. The number of fused-ring (bicyclic) bond motifs is 1. The van der Waals surface area contributed by atoms with Gasteiger partial charge in [-0.25, -0.2) is 21.6 Å². The Bertz CT molecular complexity index is 1010. The van der Waals surface area contributed by atoms with Crippen molar-refractivity contribution in [2.45, 2.75) is 6.92 Å². The third-order valence-electron chi connectivity index (χ3n) is 2.40. The molecule has 2 aromatic rings. The summed E-state index contributed by atoms with van der Waals surface area (Å²) in [5.41, 5.74) is -0.638. The molecule has 1 heterocycles. The van der Waals surface area contributed by atoms with Crippen LogP contribution < -0.4 is 117 Å². The molecule has 10 nitrogen and oxygen atoms in total. The summed E-state index contributed by atoms with van der Waals surface area (Å²) >= 11 is 0. The topological polar surface area (TPSA) is 163 Å². The fourth-order valence-electron chi connectivity index (χ4n) is 1.68. The second-order valence-corrected chi connectivity index (χ2v) is 5.99. The largest absolute Gasteiger partial charge is 1.00 e. The first kappa shape index (κ1) is 25.1. The molecule has 120 valence electrons. The zero-order chi connectivity index (χ0) is 16.7. The molecule has 0 aliphatic rings. The maximum atomic E-state index is 11.2. The summed E-state index contributed by atoms with van der Waals surface area (Å²) in [5.74, 6) is -1.74. The van der Waals surface area contributed by atoms with Crippen LogP contribution in [0.3, 0.4) is 0 Å². The summed E-state index contributed by atoms with van der Waals surface area (Å²) in [6, 6.07) is 2.71. The van der Waals surface area contributed by atoms with Crippen molar-refractivity contribution >= 4 is 31.8 Å². The molecule has 0 radical (unpaired) electrons. The summed E-state index contributed by atoms with van der Waals surface area (Å²) in [6.45, 7) is 1.47. The summed E-state index contributed by atoms with van der Waals surface area (Å²) in [5, 5.41) is 0.147. The van der Waals surface area contributed by atoms with Crippen LogP contribution >= 0.6 is 0 Å². The van der Waals surface area contributed by atoms with Gasteiger partial charge in [0.25, 0.3) is 20.8 Å². The monoisotopic (exact) mass is 428 g/mol. The maximum absolute atomic E-state index is 11.2. The Labute approximate surface area is 221 Å². The van der Waals surface area contributed by atoms with Crippen LogP contribution in [0.15, 0.2) is 27.4 Å². The number of hydrogen-bond donors (Lipinski definition) is 0. The molecule has 1 aromatic heterocycles. The van der Waals surface area contributed by atoms with Crippen molar-refractivity contribution in [1.82, 2.24) is 0 Å². The Hall–Kier alpha value is 1.12. The van der Waals surface area contributed by atoms with Gasteiger partial charge in [0.05, 0.1) is 0 Å². The molecule has 0 N–H and O–H groups in total. The van der Waals surface area contributed by atoms with Crippen LogP contribution in [0.25, 0.3) is 11.0 Å². The molecule has 0 spiro atoms. The van der Waals surface area contributed by atoms with E-state index < -0.39 is 37.9 Å². The molecule has 0 aliphatic heterocycles. The summed E-state index contributed by atoms with van der Waals surface area (Å²) in [6.07, 6.45) is 0. The smallest absolute Gasteiger partial charge is 0.716 e. The van der Waals surface area contributed by atoms with E-state index in [1.165, 1.54) is 6.92 Å². The zero-order valence-corrected chi connectivity index (χ0v) is 20.5. The molecular weight excluding hydrogens is 422 g/mol. The summed E-state index contributed by atoms with van der Waals surface area (Å²) in [4.78, 5) is 11.2. The Morgan fingerprint density at radius 2 is 1.38 bits per heavy atom. The van der Waals surface area contributed by atoms with Gasteiger partial charge in [-0.05, 0) is 18.6 Å². The van der Waals surface area contributed by atoms with Crippen molar-refractivity contribution in [1.29, 1.82) is 0 Å². The molecular formula is C10H6K2O10S2. The second-order valence-electron chi connectivity index (χ2n) is 4.03. The van der Waals surface area contributed by atoms with E-state index in [2.05, 4.69) is 8.37 Å². The van der Waals surface area contributed by atoms with Gasteiger partial charge in [-0.3, -0.25) is 0 Å². The van der Waals surface area contributed by atoms with Gasteiger partial charge in [-0.15, -0.1) is 0 Å². The van der Waals surface area contributed by atoms with E-state index in [4.69, 9.17) is 4.42 Å². The molecule has 0 amide bonds. The van der Waals surface area contributed by atoms with E-state index in [9.17, 15) is 30.7 Å². The molecule has 24 heavy (non-hydrogen) atoms. The molecule has 0 fully saturated rings. The van der Waals surface area contributed by atoms with Crippen molar-refractivity contribution < 1.29 is 141 Å². The Morgan fingerprint density at radius 3 is 1.83 bits per heavy atom. The minimum atomic E-state index is -5.29. The first-order valence-electron chi connectivity index (χ1n) is 5.34. The average molecular weight is 428 g/mol. The molecule has 0 bridgehead atoms. The third kappa shape index (κ3) is 7.39. The molecule has 14 heteroatoms. The molecule has 0 atom stereocenters. The van der Waals surface area contributed by atoms with Crippen LogP contribution in [0.4, 0.5) is 0 Å². The predicted molar refractivity (Wildman–Crippen MR) is 67.9 cm³/mol. The number of rotatable bonds is 4. The molecule has 1 aromatic carbocycles. The van der Waals surface area contributed by atoms with Gasteiger partial charge < -0.3 is 21.9 Å². The van der Waals surface area contributed by atoms with E-state index in [0.717, 1.165) is 18.2 Å². The zero-order valence-electron chi connectivity index (χ0n) is 12.6. The predicted octanol–water partition coefficient (Wildman–Crippen LogP) is -6.21. The minimum absolute atomic E-state index is 0. The van der Waals surface area contributed by atoms with Gasteiger partial charge in [0.15, 0.2) is 11.5 Å². The summed E-state index contributed by atoms with van der Waals surface area (Å²) in [7, 11) is -10.6. The fraction of sp³-hybridized carbons (Fsp3) is 0.100. The minimum Gasteiger partial charge on any atom is -0.716 e. The van der Waals surface area contributed by atoms with Gasteiger partial charge >= 0.3 is 108 Å². The van der Waals surface area contributed by atoms with E-state index in [1.807, 2.05) is 0 Å². The van der Waals surface area contributed by atoms with Crippen molar-refractivity contribution in [2.24, 2.45) is 0 Å². The van der Waals surface area contributed by atoms with Gasteiger partial charge in [-0.1, -0.05) is 0 Å². The second kappa shape index (κ2) is 9.36. The maximum Gasteiger partial charge on any atom is 1.00 e. The number of aryl methyl sites for hydroxylation is 1.